The quantitative estimate of drug-likeness (QED) is 0.163. The summed E-state index contributed by atoms with van der Waals surface area (Å²) in [5, 5.41) is 29.1. The molecule has 0 atom stereocenters. The van der Waals surface area contributed by atoms with Crippen molar-refractivity contribution in [1.29, 1.82) is 15.8 Å². The average molecular weight is 616 g/mol. The van der Waals surface area contributed by atoms with E-state index in [9.17, 15) is 42.1 Å². The maximum Gasteiger partial charge on any atom is 0.426 e. The van der Waals surface area contributed by atoms with E-state index < -0.39 is 34.8 Å². The summed E-state index contributed by atoms with van der Waals surface area (Å²) >= 11 is 0. The molecule has 5 rings (SSSR count). The normalized spacial score (nSPS) is 15.8. The topological polar surface area (TPSA) is 84.4 Å². The van der Waals surface area contributed by atoms with E-state index in [-0.39, 0.29) is 67.0 Å². The number of nitriles is 3. The van der Waals surface area contributed by atoms with Gasteiger partial charge in [0.2, 0.25) is 5.70 Å². The maximum atomic E-state index is 14.2. The SMILES string of the molecule is [C-]#[N+]C1=C(c2cccc(C3=C(C#N)c4cc([N+]#[C-])ccc4/C3=C(\[N+]#[C-])C(F)(F)F)c2)/C(=C(/C#N)C(F)(F)F)c2ccc(C#N)cc21. The van der Waals surface area contributed by atoms with E-state index in [0.29, 0.717) is 0 Å². The van der Waals surface area contributed by atoms with Gasteiger partial charge in [0.1, 0.15) is 17.7 Å². The molecule has 46 heavy (non-hydrogen) atoms. The number of rotatable bonds is 2. The number of alkyl halides is 6. The van der Waals surface area contributed by atoms with Crippen LogP contribution in [0.15, 0.2) is 71.9 Å². The summed E-state index contributed by atoms with van der Waals surface area (Å²) in [6.07, 6.45) is -10.3. The second-order valence-electron chi connectivity index (χ2n) is 9.68. The molecule has 0 unspecified atom stereocenters. The molecule has 2 aliphatic carbocycles. The Hall–Kier alpha value is -6.86. The summed E-state index contributed by atoms with van der Waals surface area (Å²) in [6.45, 7) is 22.5. The lowest BCUT2D eigenvalue weighted by molar-refractivity contribution is -0.0883. The van der Waals surface area contributed by atoms with Gasteiger partial charge in [0.15, 0.2) is 5.69 Å². The lowest BCUT2D eigenvalue weighted by Gasteiger charge is -2.17. The van der Waals surface area contributed by atoms with Crippen molar-refractivity contribution in [3.8, 4) is 18.2 Å². The first kappa shape index (κ1) is 30.6. The van der Waals surface area contributed by atoms with Gasteiger partial charge in [-0.25, -0.2) is 14.5 Å². The molecule has 0 fully saturated rings. The van der Waals surface area contributed by atoms with Crippen molar-refractivity contribution in [2.75, 3.05) is 0 Å². The highest BCUT2D eigenvalue weighted by Crippen LogP contribution is 2.54. The first-order chi connectivity index (χ1) is 21.8. The van der Waals surface area contributed by atoms with E-state index in [1.54, 1.807) is 0 Å². The van der Waals surface area contributed by atoms with Gasteiger partial charge < -0.3 is 0 Å². The van der Waals surface area contributed by atoms with E-state index in [1.165, 1.54) is 60.7 Å². The molecular weight excluding hydrogens is 606 g/mol. The molecule has 2 aliphatic rings. The third-order valence-corrected chi connectivity index (χ3v) is 7.26. The van der Waals surface area contributed by atoms with E-state index in [1.807, 2.05) is 12.1 Å². The van der Waals surface area contributed by atoms with Crippen LogP contribution in [0.25, 0.3) is 48.1 Å². The maximum absolute atomic E-state index is 14.2. The van der Waals surface area contributed by atoms with Gasteiger partial charge in [-0.15, -0.1) is 0 Å². The summed E-state index contributed by atoms with van der Waals surface area (Å²) in [5.74, 6) is 0. The van der Waals surface area contributed by atoms with Gasteiger partial charge in [0, 0.05) is 11.1 Å². The smallest absolute Gasteiger partial charge is 0.238 e. The van der Waals surface area contributed by atoms with Gasteiger partial charge >= 0.3 is 12.4 Å². The molecule has 0 aromatic heterocycles. The molecule has 0 heterocycles. The van der Waals surface area contributed by atoms with E-state index in [4.69, 9.17) is 19.7 Å². The summed E-state index contributed by atoms with van der Waals surface area (Å²) in [4.78, 5) is 9.42. The number of fused-ring (bicyclic) bond motifs is 2. The van der Waals surface area contributed by atoms with Crippen molar-refractivity contribution in [3.63, 3.8) is 0 Å². The standard InChI is InChI=1S/C34H10F6N6/c1-44-20-8-10-21-23(13-20)25(15-42)27(30(21)32(46-3)34(38,39)40)18-5-4-6-19(12-18)28-29(26(16-43)33(35,36)37)22-9-7-17(14-41)11-24(22)31(28)45-2/h4-13H/b29-26-,32-30+. The van der Waals surface area contributed by atoms with Crippen LogP contribution in [0.1, 0.15) is 38.9 Å². The molecular formula is C34H10F6N6. The average Bonchev–Trinajstić information content (AvgIpc) is 3.52. The molecule has 0 saturated heterocycles. The van der Waals surface area contributed by atoms with Crippen molar-refractivity contribution in [2.24, 2.45) is 0 Å². The molecule has 218 valence electrons. The number of halogens is 6. The van der Waals surface area contributed by atoms with Crippen molar-refractivity contribution in [2.45, 2.75) is 12.4 Å². The summed E-state index contributed by atoms with van der Waals surface area (Å²) in [7, 11) is 0. The van der Waals surface area contributed by atoms with Gasteiger partial charge in [0.05, 0.1) is 36.9 Å². The number of hydrogen-bond acceptors (Lipinski definition) is 3. The number of allylic oxidation sites excluding steroid dienone is 7. The Morgan fingerprint density at radius 3 is 1.85 bits per heavy atom. The third-order valence-electron chi connectivity index (χ3n) is 7.26. The van der Waals surface area contributed by atoms with Crippen LogP contribution in [-0.4, -0.2) is 12.4 Å². The molecule has 3 aromatic carbocycles. The van der Waals surface area contributed by atoms with Crippen LogP contribution in [0.3, 0.4) is 0 Å². The Morgan fingerprint density at radius 2 is 1.30 bits per heavy atom. The number of benzene rings is 3. The second kappa shape index (κ2) is 11.0. The Kier molecular flexibility index (Phi) is 7.32. The first-order valence-electron chi connectivity index (χ1n) is 12.7. The van der Waals surface area contributed by atoms with Crippen LogP contribution in [0.5, 0.6) is 0 Å². The fourth-order valence-corrected chi connectivity index (χ4v) is 5.50. The van der Waals surface area contributed by atoms with Crippen molar-refractivity contribution in [3.05, 3.63) is 145 Å². The highest BCUT2D eigenvalue weighted by atomic mass is 19.4. The Morgan fingerprint density at radius 1 is 0.652 bits per heavy atom. The monoisotopic (exact) mass is 616 g/mol. The van der Waals surface area contributed by atoms with Crippen LogP contribution in [0.4, 0.5) is 32.0 Å². The molecule has 6 nitrogen and oxygen atoms in total. The van der Waals surface area contributed by atoms with E-state index in [0.717, 1.165) is 6.07 Å². The van der Waals surface area contributed by atoms with Crippen LogP contribution in [0, 0.1) is 53.7 Å². The van der Waals surface area contributed by atoms with Gasteiger partial charge in [-0.2, -0.15) is 42.1 Å². The molecule has 0 amide bonds. The lowest BCUT2D eigenvalue weighted by atomic mass is 9.89. The minimum atomic E-state index is -5.17. The van der Waals surface area contributed by atoms with Gasteiger partial charge in [0.25, 0.3) is 5.70 Å². The molecule has 0 saturated carbocycles. The van der Waals surface area contributed by atoms with Crippen LogP contribution < -0.4 is 0 Å². The highest BCUT2D eigenvalue weighted by Gasteiger charge is 2.44. The Labute approximate surface area is 257 Å². The minimum absolute atomic E-state index is 0.00972. The van der Waals surface area contributed by atoms with Crippen LogP contribution in [0.2, 0.25) is 0 Å². The van der Waals surface area contributed by atoms with Crippen molar-refractivity contribution >= 4 is 39.2 Å². The fourth-order valence-electron chi connectivity index (χ4n) is 5.50. The third kappa shape index (κ3) is 4.74. The zero-order chi connectivity index (χ0) is 33.6. The van der Waals surface area contributed by atoms with Gasteiger partial charge in [-0.05, 0) is 68.8 Å². The van der Waals surface area contributed by atoms with Gasteiger partial charge in [-0.3, -0.25) is 0 Å². The predicted molar refractivity (Wildman–Crippen MR) is 154 cm³/mol. The summed E-state index contributed by atoms with van der Waals surface area (Å²) < 4.78 is 85.3. The van der Waals surface area contributed by atoms with E-state index >= 15 is 0 Å². The zero-order valence-corrected chi connectivity index (χ0v) is 22.7. The predicted octanol–water partition coefficient (Wildman–Crippen LogP) is 9.39. The molecule has 0 radical (unpaired) electrons. The molecule has 0 N–H and O–H groups in total. The molecule has 3 aromatic rings. The summed E-state index contributed by atoms with van der Waals surface area (Å²) in [6, 6.07) is 17.1. The molecule has 0 spiro atoms. The molecule has 12 heteroatoms. The fraction of sp³-hybridized carbons (Fsp3) is 0.0588. The van der Waals surface area contributed by atoms with Crippen LogP contribution in [-0.2, 0) is 0 Å². The molecule has 0 bridgehead atoms. The second-order valence-corrected chi connectivity index (χ2v) is 9.68. The van der Waals surface area contributed by atoms with Crippen molar-refractivity contribution in [1.82, 2.24) is 0 Å². The largest absolute Gasteiger partial charge is 0.426 e. The van der Waals surface area contributed by atoms with Crippen LogP contribution >= 0.6 is 0 Å². The Balaban J connectivity index is 1.90. The number of hydrogen-bond donors (Lipinski definition) is 0. The zero-order valence-electron chi connectivity index (χ0n) is 22.7. The van der Waals surface area contributed by atoms with Gasteiger partial charge in [-0.1, -0.05) is 36.4 Å². The molecule has 0 aliphatic heterocycles. The summed E-state index contributed by atoms with van der Waals surface area (Å²) in [5.41, 5.74) is -6.51. The van der Waals surface area contributed by atoms with Crippen molar-refractivity contribution < 1.29 is 26.3 Å². The first-order valence-corrected chi connectivity index (χ1v) is 12.7. The minimum Gasteiger partial charge on any atom is -0.238 e. The number of nitrogens with zero attached hydrogens (tertiary/aromatic N) is 6. The lowest BCUT2D eigenvalue weighted by Crippen LogP contribution is -2.13. The Bertz CT molecular complexity index is 2130. The van der Waals surface area contributed by atoms with E-state index in [2.05, 4.69) is 14.5 Å². The highest BCUT2D eigenvalue weighted by molar-refractivity contribution is 6.27.